The largest absolute Gasteiger partial charge is 0.298 e. The van der Waals surface area contributed by atoms with Gasteiger partial charge in [-0.3, -0.25) is 4.79 Å². The van der Waals surface area contributed by atoms with E-state index in [2.05, 4.69) is 0 Å². The van der Waals surface area contributed by atoms with Crippen molar-refractivity contribution in [2.45, 2.75) is 12.8 Å². The summed E-state index contributed by atoms with van der Waals surface area (Å²) in [7, 11) is 0. The van der Waals surface area contributed by atoms with Gasteiger partial charge in [-0.25, -0.2) is 4.39 Å². The van der Waals surface area contributed by atoms with E-state index in [9.17, 15) is 9.18 Å². The first-order valence-electron chi connectivity index (χ1n) is 4.93. The number of halogens is 1. The van der Waals surface area contributed by atoms with Gasteiger partial charge >= 0.3 is 0 Å². The molecule has 2 rings (SSSR count). The molecule has 0 unspecified atom stereocenters. The summed E-state index contributed by atoms with van der Waals surface area (Å²) in [5.41, 5.74) is 1.84. The number of allylic oxidation sites excluding steroid dienone is 4. The molecule has 0 spiro atoms. The first-order chi connectivity index (χ1) is 7.31. The lowest BCUT2D eigenvalue weighted by Crippen LogP contribution is -1.92. The van der Waals surface area contributed by atoms with Gasteiger partial charge in [-0.05, 0) is 24.5 Å². The van der Waals surface area contributed by atoms with Crippen molar-refractivity contribution in [3.8, 4) is 0 Å². The maximum Gasteiger partial charge on any atom is 0.150 e. The molecule has 0 atom stereocenters. The van der Waals surface area contributed by atoms with Crippen LogP contribution in [0.5, 0.6) is 0 Å². The molecule has 1 aliphatic rings. The second-order valence-electron chi connectivity index (χ2n) is 3.50. The lowest BCUT2D eigenvalue weighted by atomic mass is 9.98. The van der Waals surface area contributed by atoms with Crippen LogP contribution in [0, 0.1) is 5.82 Å². The van der Waals surface area contributed by atoms with Gasteiger partial charge in [0.15, 0.2) is 0 Å². The predicted octanol–water partition coefficient (Wildman–Crippen LogP) is 3.37. The number of benzene rings is 1. The molecule has 0 aliphatic heterocycles. The molecule has 76 valence electrons. The average Bonchev–Trinajstić information content (AvgIpc) is 2.30. The normalized spacial score (nSPS) is 14.9. The highest BCUT2D eigenvalue weighted by atomic mass is 19.1. The molecule has 1 aromatic carbocycles. The van der Waals surface area contributed by atoms with E-state index in [4.69, 9.17) is 0 Å². The Morgan fingerprint density at radius 3 is 2.73 bits per heavy atom. The molecule has 1 aliphatic carbocycles. The van der Waals surface area contributed by atoms with E-state index in [-0.39, 0.29) is 5.82 Å². The monoisotopic (exact) mass is 202 g/mol. The highest BCUT2D eigenvalue weighted by molar-refractivity contribution is 5.79. The van der Waals surface area contributed by atoms with Crippen LogP contribution in [0.15, 0.2) is 36.4 Å². The Kier molecular flexibility index (Phi) is 2.77. The topological polar surface area (TPSA) is 17.1 Å². The summed E-state index contributed by atoms with van der Waals surface area (Å²) < 4.78 is 13.6. The minimum atomic E-state index is -0.336. The maximum absolute atomic E-state index is 13.6. The number of rotatable bonds is 2. The molecular formula is C13H11FO. The smallest absolute Gasteiger partial charge is 0.150 e. The van der Waals surface area contributed by atoms with E-state index in [0.29, 0.717) is 17.4 Å². The maximum atomic E-state index is 13.6. The Hall–Kier alpha value is -1.70. The first kappa shape index (κ1) is 9.84. The van der Waals surface area contributed by atoms with Gasteiger partial charge in [0.05, 0.1) is 0 Å². The summed E-state index contributed by atoms with van der Waals surface area (Å²) in [6, 6.07) is 4.56. The van der Waals surface area contributed by atoms with Crippen molar-refractivity contribution in [3.05, 3.63) is 53.4 Å². The van der Waals surface area contributed by atoms with Crippen LogP contribution in [-0.2, 0) is 0 Å². The van der Waals surface area contributed by atoms with Crippen molar-refractivity contribution in [2.24, 2.45) is 0 Å². The molecule has 0 saturated heterocycles. The third kappa shape index (κ3) is 2.04. The van der Waals surface area contributed by atoms with Crippen LogP contribution >= 0.6 is 0 Å². The molecule has 0 aromatic heterocycles. The Labute approximate surface area is 87.9 Å². The fraction of sp³-hybridized carbons (Fsp3) is 0.154. The van der Waals surface area contributed by atoms with Crippen LogP contribution in [0.25, 0.3) is 5.57 Å². The molecule has 0 amide bonds. The van der Waals surface area contributed by atoms with Crippen LogP contribution in [0.2, 0.25) is 0 Å². The van der Waals surface area contributed by atoms with E-state index in [1.807, 2.05) is 18.2 Å². The number of hydrogen-bond acceptors (Lipinski definition) is 1. The summed E-state index contributed by atoms with van der Waals surface area (Å²) in [4.78, 5) is 10.5. The number of carbonyl (C=O) groups is 1. The highest BCUT2D eigenvalue weighted by Crippen LogP contribution is 2.24. The second kappa shape index (κ2) is 4.22. The van der Waals surface area contributed by atoms with Crippen LogP contribution < -0.4 is 0 Å². The third-order valence-electron chi connectivity index (χ3n) is 2.44. The molecule has 0 N–H and O–H groups in total. The van der Waals surface area contributed by atoms with Crippen molar-refractivity contribution in [3.63, 3.8) is 0 Å². The predicted molar refractivity (Wildman–Crippen MR) is 58.1 cm³/mol. The molecule has 0 heterocycles. The Balaban J connectivity index is 2.40. The Morgan fingerprint density at radius 1 is 1.27 bits per heavy atom. The van der Waals surface area contributed by atoms with E-state index in [1.54, 1.807) is 12.1 Å². The zero-order valence-electron chi connectivity index (χ0n) is 8.24. The van der Waals surface area contributed by atoms with E-state index < -0.39 is 0 Å². The van der Waals surface area contributed by atoms with Crippen LogP contribution in [0.1, 0.15) is 28.8 Å². The fourth-order valence-corrected chi connectivity index (χ4v) is 1.65. The molecule has 0 fully saturated rings. The number of carbonyl (C=O) groups excluding carboxylic acids is 1. The second-order valence-corrected chi connectivity index (χ2v) is 3.50. The lowest BCUT2D eigenvalue weighted by molar-refractivity contribution is 0.112. The zero-order chi connectivity index (χ0) is 10.7. The molecular weight excluding hydrogens is 191 g/mol. The Bertz CT molecular complexity index is 444. The van der Waals surface area contributed by atoms with Gasteiger partial charge in [-0.1, -0.05) is 30.4 Å². The van der Waals surface area contributed by atoms with Crippen LogP contribution in [-0.4, -0.2) is 6.29 Å². The van der Waals surface area contributed by atoms with Crippen LogP contribution in [0.3, 0.4) is 0 Å². The third-order valence-corrected chi connectivity index (χ3v) is 2.44. The molecule has 1 aromatic rings. The molecule has 0 bridgehead atoms. The summed E-state index contributed by atoms with van der Waals surface area (Å²) in [5.74, 6) is -0.336. The van der Waals surface area contributed by atoms with Gasteiger partial charge in [0.2, 0.25) is 0 Å². The fourth-order valence-electron chi connectivity index (χ4n) is 1.65. The molecule has 1 nitrogen and oxygen atoms in total. The van der Waals surface area contributed by atoms with E-state index in [1.165, 1.54) is 6.07 Å². The SMILES string of the molecule is O=Cc1ccc(C2=CCCC=C2)c(F)c1. The molecule has 15 heavy (non-hydrogen) atoms. The quantitative estimate of drug-likeness (QED) is 0.672. The molecule has 0 radical (unpaired) electrons. The average molecular weight is 202 g/mol. The standard InChI is InChI=1S/C13H11FO/c14-13-8-10(9-15)6-7-12(13)11-4-2-1-3-5-11/h2,4-9H,1,3H2. The summed E-state index contributed by atoms with van der Waals surface area (Å²) in [6.45, 7) is 0. The van der Waals surface area contributed by atoms with Crippen molar-refractivity contribution < 1.29 is 9.18 Å². The number of hydrogen-bond donors (Lipinski definition) is 0. The van der Waals surface area contributed by atoms with Crippen molar-refractivity contribution in [1.82, 2.24) is 0 Å². The number of aldehydes is 1. The van der Waals surface area contributed by atoms with Gasteiger partial charge in [-0.2, -0.15) is 0 Å². The summed E-state index contributed by atoms with van der Waals surface area (Å²) >= 11 is 0. The van der Waals surface area contributed by atoms with Gasteiger partial charge in [0.1, 0.15) is 12.1 Å². The van der Waals surface area contributed by atoms with Gasteiger partial charge in [0, 0.05) is 11.1 Å². The van der Waals surface area contributed by atoms with E-state index >= 15 is 0 Å². The first-order valence-corrected chi connectivity index (χ1v) is 4.93. The van der Waals surface area contributed by atoms with E-state index in [0.717, 1.165) is 18.4 Å². The van der Waals surface area contributed by atoms with Crippen molar-refractivity contribution >= 4 is 11.9 Å². The highest BCUT2D eigenvalue weighted by Gasteiger charge is 2.07. The minimum Gasteiger partial charge on any atom is -0.298 e. The van der Waals surface area contributed by atoms with Gasteiger partial charge < -0.3 is 0 Å². The minimum absolute atomic E-state index is 0.336. The van der Waals surface area contributed by atoms with Gasteiger partial charge in [-0.15, -0.1) is 0 Å². The molecule has 0 saturated carbocycles. The lowest BCUT2D eigenvalue weighted by Gasteiger charge is -2.08. The van der Waals surface area contributed by atoms with Crippen molar-refractivity contribution in [1.29, 1.82) is 0 Å². The zero-order valence-corrected chi connectivity index (χ0v) is 8.24. The van der Waals surface area contributed by atoms with Crippen molar-refractivity contribution in [2.75, 3.05) is 0 Å². The Morgan fingerprint density at radius 2 is 2.13 bits per heavy atom. The summed E-state index contributed by atoms with van der Waals surface area (Å²) in [6.07, 6.45) is 8.57. The van der Waals surface area contributed by atoms with Crippen LogP contribution in [0.4, 0.5) is 4.39 Å². The molecule has 2 heteroatoms. The van der Waals surface area contributed by atoms with Gasteiger partial charge in [0.25, 0.3) is 0 Å². The summed E-state index contributed by atoms with van der Waals surface area (Å²) in [5, 5.41) is 0.